The molecule has 3 aliphatic heterocycles. The Kier molecular flexibility index (Phi) is 4.96. The van der Waals surface area contributed by atoms with Crippen LogP contribution in [0.25, 0.3) is 5.76 Å². The molecule has 4 heterocycles. The van der Waals surface area contributed by atoms with Gasteiger partial charge in [-0.05, 0) is 55.6 Å². The van der Waals surface area contributed by atoms with Crippen LogP contribution >= 0.6 is 11.3 Å². The smallest absolute Gasteiger partial charge is 0.295 e. The average Bonchev–Trinajstić information content (AvgIpc) is 3.55. The van der Waals surface area contributed by atoms with Crippen molar-refractivity contribution >= 4 is 28.8 Å². The molecule has 5 rings (SSSR count). The standard InChI is InChI=1S/C22H22N2O5S/c25-20(14-5-6-15-16(12-14)29-13-28-15)18-19(17-4-3-11-30-17)24(22(27)21(18)26)10-9-23-7-1-2-8-23/h3-6,11-12,19,25H,1-2,7-10,13H2/b20-18+. The van der Waals surface area contributed by atoms with Crippen molar-refractivity contribution in [3.05, 3.63) is 51.7 Å². The summed E-state index contributed by atoms with van der Waals surface area (Å²) in [6.45, 7) is 3.33. The Bertz CT molecular complexity index is 1010. The quantitative estimate of drug-likeness (QED) is 0.450. The van der Waals surface area contributed by atoms with E-state index in [1.54, 1.807) is 23.1 Å². The zero-order valence-corrected chi connectivity index (χ0v) is 17.2. The van der Waals surface area contributed by atoms with Gasteiger partial charge in [-0.15, -0.1) is 11.3 Å². The second-order valence-corrected chi connectivity index (χ2v) is 8.60. The zero-order valence-electron chi connectivity index (χ0n) is 16.4. The molecule has 3 aliphatic rings. The summed E-state index contributed by atoms with van der Waals surface area (Å²) >= 11 is 1.47. The molecule has 0 spiro atoms. The maximum atomic E-state index is 13.0. The number of aliphatic hydroxyl groups is 1. The van der Waals surface area contributed by atoms with Gasteiger partial charge in [0.2, 0.25) is 6.79 Å². The molecule has 8 heteroatoms. The van der Waals surface area contributed by atoms with E-state index in [-0.39, 0.29) is 18.1 Å². The van der Waals surface area contributed by atoms with E-state index in [4.69, 9.17) is 9.47 Å². The number of benzene rings is 1. The van der Waals surface area contributed by atoms with Gasteiger partial charge in [0, 0.05) is 23.5 Å². The molecule has 0 saturated carbocycles. The molecule has 1 atom stereocenters. The van der Waals surface area contributed by atoms with Gasteiger partial charge in [-0.2, -0.15) is 0 Å². The van der Waals surface area contributed by atoms with E-state index >= 15 is 0 Å². The van der Waals surface area contributed by atoms with Crippen molar-refractivity contribution in [1.29, 1.82) is 0 Å². The fourth-order valence-corrected chi connectivity index (χ4v) is 5.15. The number of carbonyl (C=O) groups is 2. The monoisotopic (exact) mass is 426 g/mol. The molecule has 1 unspecified atom stereocenters. The Hall–Kier alpha value is -2.84. The van der Waals surface area contributed by atoms with E-state index in [9.17, 15) is 14.7 Å². The molecule has 7 nitrogen and oxygen atoms in total. The van der Waals surface area contributed by atoms with Crippen molar-refractivity contribution in [3.8, 4) is 11.5 Å². The molecule has 0 bridgehead atoms. The minimum absolute atomic E-state index is 0.121. The summed E-state index contributed by atoms with van der Waals surface area (Å²) < 4.78 is 10.7. The summed E-state index contributed by atoms with van der Waals surface area (Å²) in [5, 5.41) is 13.0. The second kappa shape index (κ2) is 7.77. The van der Waals surface area contributed by atoms with Gasteiger partial charge in [-0.3, -0.25) is 9.59 Å². The lowest BCUT2D eigenvalue weighted by molar-refractivity contribution is -0.140. The molecule has 1 N–H and O–H groups in total. The number of carbonyl (C=O) groups excluding carboxylic acids is 2. The van der Waals surface area contributed by atoms with Crippen LogP contribution in [0.15, 0.2) is 41.3 Å². The highest BCUT2D eigenvalue weighted by Gasteiger charge is 2.46. The highest BCUT2D eigenvalue weighted by Crippen LogP contribution is 2.42. The first-order valence-electron chi connectivity index (χ1n) is 10.1. The fraction of sp³-hybridized carbons (Fsp3) is 0.364. The molecule has 1 aromatic heterocycles. The number of amides is 1. The Morgan fingerprint density at radius 1 is 1.10 bits per heavy atom. The Morgan fingerprint density at radius 3 is 2.67 bits per heavy atom. The lowest BCUT2D eigenvalue weighted by Crippen LogP contribution is -2.36. The molecule has 2 saturated heterocycles. The number of hydrogen-bond donors (Lipinski definition) is 1. The van der Waals surface area contributed by atoms with Crippen molar-refractivity contribution in [2.24, 2.45) is 0 Å². The van der Waals surface area contributed by atoms with Gasteiger partial charge in [0.05, 0.1) is 11.6 Å². The Balaban J connectivity index is 1.52. The Morgan fingerprint density at radius 2 is 1.90 bits per heavy atom. The molecule has 0 radical (unpaired) electrons. The van der Waals surface area contributed by atoms with Crippen molar-refractivity contribution in [3.63, 3.8) is 0 Å². The highest BCUT2D eigenvalue weighted by molar-refractivity contribution is 7.10. The van der Waals surface area contributed by atoms with Crippen LogP contribution in [0.5, 0.6) is 11.5 Å². The van der Waals surface area contributed by atoms with Crippen molar-refractivity contribution in [1.82, 2.24) is 9.80 Å². The fourth-order valence-electron chi connectivity index (χ4n) is 4.31. The maximum absolute atomic E-state index is 13.0. The van der Waals surface area contributed by atoms with Crippen LogP contribution in [-0.4, -0.2) is 59.6 Å². The number of ketones is 1. The van der Waals surface area contributed by atoms with E-state index in [1.165, 1.54) is 11.3 Å². The number of aliphatic hydroxyl groups excluding tert-OH is 1. The average molecular weight is 426 g/mol. The minimum atomic E-state index is -0.648. The number of likely N-dealkylation sites (tertiary alicyclic amines) is 2. The molecular weight excluding hydrogens is 404 g/mol. The third kappa shape index (κ3) is 3.26. The molecule has 1 amide bonds. The summed E-state index contributed by atoms with van der Waals surface area (Å²) in [6, 6.07) is 8.21. The summed E-state index contributed by atoms with van der Waals surface area (Å²) in [7, 11) is 0. The van der Waals surface area contributed by atoms with Crippen LogP contribution in [0.2, 0.25) is 0 Å². The summed E-state index contributed by atoms with van der Waals surface area (Å²) in [5.41, 5.74) is 0.557. The summed E-state index contributed by atoms with van der Waals surface area (Å²) in [4.78, 5) is 30.7. The predicted octanol–water partition coefficient (Wildman–Crippen LogP) is 2.99. The molecular formula is C22H22N2O5S. The lowest BCUT2D eigenvalue weighted by atomic mass is 9.99. The first-order chi connectivity index (χ1) is 14.6. The van der Waals surface area contributed by atoms with Gasteiger partial charge in [0.25, 0.3) is 11.7 Å². The van der Waals surface area contributed by atoms with Crippen molar-refractivity contribution in [2.45, 2.75) is 18.9 Å². The van der Waals surface area contributed by atoms with Crippen LogP contribution in [0.3, 0.4) is 0 Å². The van der Waals surface area contributed by atoms with Gasteiger partial charge in [0.1, 0.15) is 5.76 Å². The first kappa shape index (κ1) is 19.1. The number of rotatable bonds is 5. The molecule has 2 fully saturated rings. The zero-order chi connectivity index (χ0) is 20.7. The maximum Gasteiger partial charge on any atom is 0.295 e. The molecule has 1 aromatic carbocycles. The minimum Gasteiger partial charge on any atom is -0.507 e. The number of fused-ring (bicyclic) bond motifs is 1. The van der Waals surface area contributed by atoms with Crippen LogP contribution in [0.4, 0.5) is 0 Å². The number of nitrogens with zero attached hydrogens (tertiary/aromatic N) is 2. The van der Waals surface area contributed by atoms with E-state index < -0.39 is 17.7 Å². The van der Waals surface area contributed by atoms with Crippen LogP contribution < -0.4 is 9.47 Å². The molecule has 156 valence electrons. The summed E-state index contributed by atoms with van der Waals surface area (Å²) in [6.07, 6.45) is 2.33. The topological polar surface area (TPSA) is 79.3 Å². The van der Waals surface area contributed by atoms with Crippen LogP contribution in [0, 0.1) is 0 Å². The lowest BCUT2D eigenvalue weighted by Gasteiger charge is -2.26. The van der Waals surface area contributed by atoms with Crippen molar-refractivity contribution in [2.75, 3.05) is 33.0 Å². The largest absolute Gasteiger partial charge is 0.507 e. The van der Waals surface area contributed by atoms with Crippen LogP contribution in [-0.2, 0) is 9.59 Å². The van der Waals surface area contributed by atoms with Gasteiger partial charge < -0.3 is 24.4 Å². The van der Waals surface area contributed by atoms with Gasteiger partial charge in [0.15, 0.2) is 11.5 Å². The number of thiophene rings is 1. The van der Waals surface area contributed by atoms with E-state index in [2.05, 4.69) is 4.90 Å². The number of hydrogen-bond acceptors (Lipinski definition) is 7. The first-order valence-corrected chi connectivity index (χ1v) is 11.0. The number of ether oxygens (including phenoxy) is 2. The van der Waals surface area contributed by atoms with Crippen LogP contribution in [0.1, 0.15) is 29.3 Å². The summed E-state index contributed by atoms with van der Waals surface area (Å²) in [5.74, 6) is -0.295. The second-order valence-electron chi connectivity index (χ2n) is 7.62. The van der Waals surface area contributed by atoms with E-state index in [1.807, 2.05) is 17.5 Å². The van der Waals surface area contributed by atoms with Crippen molar-refractivity contribution < 1.29 is 24.2 Å². The van der Waals surface area contributed by atoms with Gasteiger partial charge >= 0.3 is 0 Å². The normalized spacial score (nSPS) is 22.9. The third-order valence-electron chi connectivity index (χ3n) is 5.85. The Labute approximate surface area is 178 Å². The third-order valence-corrected chi connectivity index (χ3v) is 6.78. The molecule has 0 aliphatic carbocycles. The molecule has 30 heavy (non-hydrogen) atoms. The van der Waals surface area contributed by atoms with Gasteiger partial charge in [-0.1, -0.05) is 6.07 Å². The highest BCUT2D eigenvalue weighted by atomic mass is 32.1. The molecule has 2 aromatic rings. The number of Topliss-reactive ketones (excluding diaryl/α,β-unsaturated/α-hetero) is 1. The predicted molar refractivity (Wildman–Crippen MR) is 112 cm³/mol. The van der Waals surface area contributed by atoms with Gasteiger partial charge in [-0.25, -0.2) is 0 Å². The van der Waals surface area contributed by atoms with E-state index in [0.717, 1.165) is 37.4 Å². The van der Waals surface area contributed by atoms with E-state index in [0.29, 0.717) is 23.6 Å². The SMILES string of the molecule is O=C1C(=O)N(CCN2CCCC2)C(c2cccs2)/C1=C(\O)c1ccc2c(c1)OCO2.